The fraction of sp³-hybridized carbons (Fsp3) is 0.833. The summed E-state index contributed by atoms with van der Waals surface area (Å²) in [6, 6.07) is 1.94. The molecule has 0 aromatic carbocycles. The summed E-state index contributed by atoms with van der Waals surface area (Å²) in [7, 11) is 0. The third kappa shape index (κ3) is 6.41. The van der Waals surface area contributed by atoms with Gasteiger partial charge in [-0.2, -0.15) is 5.26 Å². The minimum atomic E-state index is -0.266. The zero-order valence-electron chi connectivity index (χ0n) is 10.9. The van der Waals surface area contributed by atoms with E-state index >= 15 is 0 Å². The van der Waals surface area contributed by atoms with Crippen LogP contribution in [0.25, 0.3) is 0 Å². The van der Waals surface area contributed by atoms with E-state index in [9.17, 15) is 4.79 Å². The normalized spacial score (nSPS) is 15.0. The number of amides is 1. The number of nitrogens with zero attached hydrogens (tertiary/aromatic N) is 1. The molecule has 0 aromatic heterocycles. The van der Waals surface area contributed by atoms with Gasteiger partial charge in [0.15, 0.2) is 0 Å². The molecule has 4 nitrogen and oxygen atoms in total. The van der Waals surface area contributed by atoms with Crippen LogP contribution in [0.1, 0.15) is 47.5 Å². The van der Waals surface area contributed by atoms with E-state index in [0.29, 0.717) is 6.42 Å². The van der Waals surface area contributed by atoms with Crippen molar-refractivity contribution in [3.05, 3.63) is 0 Å². The molecule has 0 spiro atoms. The smallest absolute Gasteiger partial charge is 0.237 e. The van der Waals surface area contributed by atoms with Gasteiger partial charge in [-0.05, 0) is 34.1 Å². The van der Waals surface area contributed by atoms with Crippen molar-refractivity contribution >= 4 is 5.91 Å². The number of rotatable bonds is 5. The van der Waals surface area contributed by atoms with Crippen LogP contribution in [0.4, 0.5) is 0 Å². The highest BCUT2D eigenvalue weighted by Crippen LogP contribution is 2.02. The van der Waals surface area contributed by atoms with Crippen LogP contribution in [0.5, 0.6) is 0 Å². The third-order valence-electron chi connectivity index (χ3n) is 2.21. The predicted octanol–water partition coefficient (Wildman–Crippen LogP) is 1.57. The van der Waals surface area contributed by atoms with Gasteiger partial charge in [-0.15, -0.1) is 0 Å². The lowest BCUT2D eigenvalue weighted by Crippen LogP contribution is -2.51. The van der Waals surface area contributed by atoms with Crippen molar-refractivity contribution in [3.63, 3.8) is 0 Å². The van der Waals surface area contributed by atoms with Crippen molar-refractivity contribution in [2.75, 3.05) is 0 Å². The quantitative estimate of drug-likeness (QED) is 0.746. The topological polar surface area (TPSA) is 64.9 Å². The zero-order valence-corrected chi connectivity index (χ0v) is 10.9. The molecular weight excluding hydrogens is 202 g/mol. The fourth-order valence-corrected chi connectivity index (χ4v) is 1.34. The molecule has 1 amide bonds. The lowest BCUT2D eigenvalue weighted by atomic mass is 10.1. The first-order valence-corrected chi connectivity index (χ1v) is 5.75. The van der Waals surface area contributed by atoms with Gasteiger partial charge < -0.3 is 10.6 Å². The van der Waals surface area contributed by atoms with Crippen LogP contribution in [-0.4, -0.2) is 23.5 Å². The minimum Gasteiger partial charge on any atom is -0.350 e. The van der Waals surface area contributed by atoms with E-state index in [-0.39, 0.29) is 23.5 Å². The molecule has 2 N–H and O–H groups in total. The van der Waals surface area contributed by atoms with Crippen LogP contribution in [0, 0.1) is 11.3 Å². The second-order valence-electron chi connectivity index (χ2n) is 5.10. The van der Waals surface area contributed by atoms with Crippen molar-refractivity contribution in [2.24, 2.45) is 0 Å². The molecule has 0 aromatic rings. The monoisotopic (exact) mass is 225 g/mol. The molecule has 0 saturated carbocycles. The Bertz CT molecular complexity index is 262. The third-order valence-corrected chi connectivity index (χ3v) is 2.21. The van der Waals surface area contributed by atoms with Crippen molar-refractivity contribution in [2.45, 2.75) is 65.1 Å². The number of nitrogens with one attached hydrogen (secondary N) is 2. The molecule has 4 heteroatoms. The van der Waals surface area contributed by atoms with E-state index in [1.807, 2.05) is 34.6 Å². The maximum Gasteiger partial charge on any atom is 0.237 e. The molecule has 92 valence electrons. The number of carbonyl (C=O) groups excluding carboxylic acids is 1. The number of nitriles is 1. The first-order valence-electron chi connectivity index (χ1n) is 5.75. The van der Waals surface area contributed by atoms with Gasteiger partial charge in [-0.1, -0.05) is 6.92 Å². The maximum absolute atomic E-state index is 11.8. The van der Waals surface area contributed by atoms with Crippen LogP contribution in [0.15, 0.2) is 0 Å². The molecular formula is C12H23N3O. The Hall–Kier alpha value is -1.08. The average Bonchev–Trinajstić information content (AvgIpc) is 2.14. The molecule has 0 radical (unpaired) electrons. The largest absolute Gasteiger partial charge is 0.350 e. The van der Waals surface area contributed by atoms with Gasteiger partial charge in [0, 0.05) is 11.6 Å². The highest BCUT2D eigenvalue weighted by Gasteiger charge is 2.20. The summed E-state index contributed by atoms with van der Waals surface area (Å²) in [5.41, 5.74) is -0.218. The van der Waals surface area contributed by atoms with E-state index in [1.54, 1.807) is 0 Å². The van der Waals surface area contributed by atoms with Gasteiger partial charge in [-0.25, -0.2) is 0 Å². The summed E-state index contributed by atoms with van der Waals surface area (Å²) in [6.07, 6.45) is 1.28. The molecule has 2 unspecified atom stereocenters. The zero-order chi connectivity index (χ0) is 12.8. The van der Waals surface area contributed by atoms with Gasteiger partial charge in [0.1, 0.15) is 0 Å². The van der Waals surface area contributed by atoms with Gasteiger partial charge in [-0.3, -0.25) is 4.79 Å². The SMILES string of the molecule is CCC(CC#N)NC(C)C(=O)NC(C)(C)C. The lowest BCUT2D eigenvalue weighted by molar-refractivity contribution is -0.124. The summed E-state index contributed by atoms with van der Waals surface area (Å²) in [6.45, 7) is 9.67. The molecule has 16 heavy (non-hydrogen) atoms. The summed E-state index contributed by atoms with van der Waals surface area (Å²) in [5, 5.41) is 14.7. The Labute approximate surface area is 98.4 Å². The van der Waals surface area contributed by atoms with Gasteiger partial charge in [0.05, 0.1) is 18.5 Å². The minimum absolute atomic E-state index is 0.0242. The lowest BCUT2D eigenvalue weighted by Gasteiger charge is -2.25. The van der Waals surface area contributed by atoms with Crippen molar-refractivity contribution in [1.29, 1.82) is 5.26 Å². The molecule has 0 saturated heterocycles. The van der Waals surface area contributed by atoms with Crippen molar-refractivity contribution in [3.8, 4) is 6.07 Å². The molecule has 0 aliphatic rings. The Balaban J connectivity index is 4.19. The van der Waals surface area contributed by atoms with E-state index in [4.69, 9.17) is 5.26 Å². The second kappa shape index (κ2) is 6.49. The van der Waals surface area contributed by atoms with Crippen LogP contribution in [0.2, 0.25) is 0 Å². The Morgan fingerprint density at radius 2 is 2.00 bits per heavy atom. The van der Waals surface area contributed by atoms with Crippen LogP contribution in [0.3, 0.4) is 0 Å². The van der Waals surface area contributed by atoms with Crippen molar-refractivity contribution < 1.29 is 4.79 Å². The standard InChI is InChI=1S/C12H23N3O/c1-6-10(7-8-13)14-9(2)11(16)15-12(3,4)5/h9-10,14H,6-7H2,1-5H3,(H,15,16). The Kier molecular flexibility index (Phi) is 6.05. The molecule has 0 rings (SSSR count). The fourth-order valence-electron chi connectivity index (χ4n) is 1.34. The molecule has 0 aliphatic heterocycles. The molecule has 0 aliphatic carbocycles. The van der Waals surface area contributed by atoms with E-state index in [1.165, 1.54) is 0 Å². The second-order valence-corrected chi connectivity index (χ2v) is 5.10. The predicted molar refractivity (Wildman–Crippen MR) is 64.8 cm³/mol. The first kappa shape index (κ1) is 14.9. The summed E-state index contributed by atoms with van der Waals surface area (Å²) in [4.78, 5) is 11.8. The van der Waals surface area contributed by atoms with Gasteiger partial charge in [0.25, 0.3) is 0 Å². The molecule has 0 bridgehead atoms. The summed E-state index contributed by atoms with van der Waals surface area (Å²) >= 11 is 0. The van der Waals surface area contributed by atoms with Crippen LogP contribution >= 0.6 is 0 Å². The van der Waals surface area contributed by atoms with Crippen LogP contribution in [-0.2, 0) is 4.79 Å². The number of hydrogen-bond donors (Lipinski definition) is 2. The van der Waals surface area contributed by atoms with Gasteiger partial charge >= 0.3 is 0 Å². The molecule has 0 fully saturated rings. The number of hydrogen-bond acceptors (Lipinski definition) is 3. The highest BCUT2D eigenvalue weighted by atomic mass is 16.2. The van der Waals surface area contributed by atoms with Crippen molar-refractivity contribution in [1.82, 2.24) is 10.6 Å². The van der Waals surface area contributed by atoms with E-state index in [2.05, 4.69) is 16.7 Å². The molecule has 2 atom stereocenters. The molecule has 0 heterocycles. The van der Waals surface area contributed by atoms with E-state index in [0.717, 1.165) is 6.42 Å². The average molecular weight is 225 g/mol. The number of carbonyl (C=O) groups is 1. The van der Waals surface area contributed by atoms with E-state index < -0.39 is 0 Å². The maximum atomic E-state index is 11.8. The summed E-state index contributed by atoms with van der Waals surface area (Å²) < 4.78 is 0. The Morgan fingerprint density at radius 3 is 2.38 bits per heavy atom. The van der Waals surface area contributed by atoms with Gasteiger partial charge in [0.2, 0.25) is 5.91 Å². The first-order chi connectivity index (χ1) is 7.30. The summed E-state index contributed by atoms with van der Waals surface area (Å²) in [5.74, 6) is -0.0242. The Morgan fingerprint density at radius 1 is 1.44 bits per heavy atom. The highest BCUT2D eigenvalue weighted by molar-refractivity contribution is 5.81. The van der Waals surface area contributed by atoms with Crippen LogP contribution < -0.4 is 10.6 Å².